The third-order valence-corrected chi connectivity index (χ3v) is 4.52. The first-order valence-electron chi connectivity index (χ1n) is 10.00. The summed E-state index contributed by atoms with van der Waals surface area (Å²) in [5.41, 5.74) is 0. The molecule has 0 heterocycles. The van der Waals surface area contributed by atoms with Crippen LogP contribution >= 0.6 is 0 Å². The van der Waals surface area contributed by atoms with E-state index < -0.39 is 0 Å². The van der Waals surface area contributed by atoms with Crippen LogP contribution in [0, 0.1) is 5.92 Å². The van der Waals surface area contributed by atoms with E-state index in [1.165, 1.54) is 77.0 Å². The fourth-order valence-electron chi connectivity index (χ4n) is 2.83. The van der Waals surface area contributed by atoms with E-state index in [2.05, 4.69) is 26.1 Å². The summed E-state index contributed by atoms with van der Waals surface area (Å²) in [6, 6.07) is 0. The molecule has 0 aromatic heterocycles. The van der Waals surface area contributed by atoms with Gasteiger partial charge in [0.05, 0.1) is 0 Å². The number of hydrogen-bond acceptors (Lipinski definition) is 1. The Labute approximate surface area is 139 Å². The Morgan fingerprint density at radius 2 is 1.18 bits per heavy atom. The smallest absolute Gasteiger partial charge is 0.222 e. The minimum atomic E-state index is 0.190. The predicted octanol–water partition coefficient (Wildman–Crippen LogP) is 6.24. The largest absolute Gasteiger partial charge is 0.356 e. The van der Waals surface area contributed by atoms with Crippen LogP contribution in [-0.2, 0) is 4.79 Å². The summed E-state index contributed by atoms with van der Waals surface area (Å²) < 4.78 is 0. The first-order chi connectivity index (χ1) is 10.7. The third kappa shape index (κ3) is 14.4. The molecule has 0 aliphatic rings. The summed E-state index contributed by atoms with van der Waals surface area (Å²) in [6.45, 7) is 7.44. The second-order valence-corrected chi connectivity index (χ2v) is 6.87. The summed E-state index contributed by atoms with van der Waals surface area (Å²) >= 11 is 0. The Morgan fingerprint density at radius 1 is 0.727 bits per heavy atom. The number of nitrogens with one attached hydrogen (secondary N) is 1. The van der Waals surface area contributed by atoms with Gasteiger partial charge in [0.2, 0.25) is 5.91 Å². The molecule has 0 saturated heterocycles. The van der Waals surface area contributed by atoms with Crippen molar-refractivity contribution in [2.75, 3.05) is 6.54 Å². The Hall–Kier alpha value is -0.530. The summed E-state index contributed by atoms with van der Waals surface area (Å²) in [4.78, 5) is 12.0. The second-order valence-electron chi connectivity index (χ2n) is 6.87. The molecule has 2 nitrogen and oxygen atoms in total. The number of carbonyl (C=O) groups excluding carboxylic acids is 1. The standard InChI is InChI=1S/C20H41NO/c1-4-6-8-10-12-14-16-18-21-20(22)19(3)17-15-13-11-9-7-5-2/h19H,4-18H2,1-3H3,(H,21,22). The molecule has 0 aromatic rings. The van der Waals surface area contributed by atoms with E-state index >= 15 is 0 Å². The molecule has 0 aliphatic heterocycles. The van der Waals surface area contributed by atoms with Crippen LogP contribution in [0.3, 0.4) is 0 Å². The van der Waals surface area contributed by atoms with Gasteiger partial charge in [-0.3, -0.25) is 4.79 Å². The van der Waals surface area contributed by atoms with Crippen molar-refractivity contribution in [3.63, 3.8) is 0 Å². The summed E-state index contributed by atoms with van der Waals surface area (Å²) in [5.74, 6) is 0.454. The lowest BCUT2D eigenvalue weighted by atomic mass is 10.0. The van der Waals surface area contributed by atoms with Crippen LogP contribution in [0.25, 0.3) is 0 Å². The fraction of sp³-hybridized carbons (Fsp3) is 0.950. The van der Waals surface area contributed by atoms with E-state index in [1.807, 2.05) is 0 Å². The van der Waals surface area contributed by atoms with Crippen LogP contribution in [0.15, 0.2) is 0 Å². The minimum Gasteiger partial charge on any atom is -0.356 e. The Kier molecular flexibility index (Phi) is 16.4. The Balaban J connectivity index is 3.35. The monoisotopic (exact) mass is 311 g/mol. The van der Waals surface area contributed by atoms with E-state index in [0.717, 1.165) is 19.4 Å². The molecular weight excluding hydrogens is 270 g/mol. The van der Waals surface area contributed by atoms with Crippen LogP contribution in [0.4, 0.5) is 0 Å². The Morgan fingerprint density at radius 3 is 1.73 bits per heavy atom. The van der Waals surface area contributed by atoms with Crippen molar-refractivity contribution in [3.05, 3.63) is 0 Å². The van der Waals surface area contributed by atoms with E-state index in [4.69, 9.17) is 0 Å². The van der Waals surface area contributed by atoms with Gasteiger partial charge in [-0.1, -0.05) is 97.8 Å². The maximum atomic E-state index is 12.0. The highest BCUT2D eigenvalue weighted by atomic mass is 16.1. The zero-order valence-corrected chi connectivity index (χ0v) is 15.6. The molecule has 0 aromatic carbocycles. The van der Waals surface area contributed by atoms with Gasteiger partial charge in [-0.15, -0.1) is 0 Å². The highest BCUT2D eigenvalue weighted by molar-refractivity contribution is 5.78. The lowest BCUT2D eigenvalue weighted by Crippen LogP contribution is -2.30. The molecule has 0 saturated carbocycles. The molecule has 1 N–H and O–H groups in total. The number of hydrogen-bond donors (Lipinski definition) is 1. The molecule has 0 fully saturated rings. The van der Waals surface area contributed by atoms with E-state index in [9.17, 15) is 4.79 Å². The maximum absolute atomic E-state index is 12.0. The van der Waals surface area contributed by atoms with Gasteiger partial charge in [-0.2, -0.15) is 0 Å². The van der Waals surface area contributed by atoms with Crippen LogP contribution < -0.4 is 5.32 Å². The summed E-state index contributed by atoms with van der Waals surface area (Å²) in [7, 11) is 0. The molecular formula is C20H41NO. The molecule has 22 heavy (non-hydrogen) atoms. The van der Waals surface area contributed by atoms with Crippen molar-refractivity contribution in [1.29, 1.82) is 0 Å². The molecule has 0 bridgehead atoms. The molecule has 1 amide bonds. The highest BCUT2D eigenvalue weighted by Gasteiger charge is 2.11. The molecule has 0 spiro atoms. The van der Waals surface area contributed by atoms with Crippen molar-refractivity contribution in [1.82, 2.24) is 5.32 Å². The van der Waals surface area contributed by atoms with Gasteiger partial charge in [-0.25, -0.2) is 0 Å². The van der Waals surface area contributed by atoms with Crippen LogP contribution in [0.5, 0.6) is 0 Å². The zero-order chi connectivity index (χ0) is 16.5. The Bertz CT molecular complexity index is 240. The van der Waals surface area contributed by atoms with Crippen LogP contribution in [0.2, 0.25) is 0 Å². The molecule has 132 valence electrons. The van der Waals surface area contributed by atoms with Gasteiger partial charge in [0.25, 0.3) is 0 Å². The van der Waals surface area contributed by atoms with Crippen molar-refractivity contribution in [2.45, 2.75) is 111 Å². The average molecular weight is 312 g/mol. The van der Waals surface area contributed by atoms with Gasteiger partial charge < -0.3 is 5.32 Å². The SMILES string of the molecule is CCCCCCCCCNC(=O)C(C)CCCCCCCC. The number of carbonyl (C=O) groups is 1. The van der Waals surface area contributed by atoms with Gasteiger partial charge in [0.15, 0.2) is 0 Å². The van der Waals surface area contributed by atoms with E-state index in [-0.39, 0.29) is 11.8 Å². The molecule has 0 radical (unpaired) electrons. The second kappa shape index (κ2) is 16.8. The lowest BCUT2D eigenvalue weighted by molar-refractivity contribution is -0.124. The third-order valence-electron chi connectivity index (χ3n) is 4.52. The predicted molar refractivity (Wildman–Crippen MR) is 98.2 cm³/mol. The normalized spacial score (nSPS) is 12.3. The summed E-state index contributed by atoms with van der Waals surface area (Å²) in [5, 5.41) is 3.11. The first kappa shape index (κ1) is 21.5. The van der Waals surface area contributed by atoms with Crippen molar-refractivity contribution in [2.24, 2.45) is 5.92 Å². The van der Waals surface area contributed by atoms with Crippen LogP contribution in [-0.4, -0.2) is 12.5 Å². The average Bonchev–Trinajstić information content (AvgIpc) is 2.52. The van der Waals surface area contributed by atoms with Gasteiger partial charge >= 0.3 is 0 Å². The lowest BCUT2D eigenvalue weighted by Gasteiger charge is -2.12. The van der Waals surface area contributed by atoms with Crippen molar-refractivity contribution < 1.29 is 4.79 Å². The molecule has 1 unspecified atom stereocenters. The maximum Gasteiger partial charge on any atom is 0.222 e. The number of rotatable bonds is 16. The fourth-order valence-corrected chi connectivity index (χ4v) is 2.83. The molecule has 0 rings (SSSR count). The summed E-state index contributed by atoms with van der Waals surface area (Å²) in [6.07, 6.45) is 18.0. The van der Waals surface area contributed by atoms with Gasteiger partial charge in [0.1, 0.15) is 0 Å². The minimum absolute atomic E-state index is 0.190. The number of amides is 1. The molecule has 1 atom stereocenters. The van der Waals surface area contributed by atoms with E-state index in [0.29, 0.717) is 0 Å². The zero-order valence-electron chi connectivity index (χ0n) is 15.6. The van der Waals surface area contributed by atoms with Crippen molar-refractivity contribution >= 4 is 5.91 Å². The molecule has 0 aliphatic carbocycles. The molecule has 2 heteroatoms. The van der Waals surface area contributed by atoms with Crippen molar-refractivity contribution in [3.8, 4) is 0 Å². The van der Waals surface area contributed by atoms with Crippen LogP contribution in [0.1, 0.15) is 111 Å². The van der Waals surface area contributed by atoms with E-state index in [1.54, 1.807) is 0 Å². The first-order valence-corrected chi connectivity index (χ1v) is 10.00. The number of unbranched alkanes of at least 4 members (excludes halogenated alkanes) is 11. The quantitative estimate of drug-likeness (QED) is 0.336. The highest BCUT2D eigenvalue weighted by Crippen LogP contribution is 2.12. The van der Waals surface area contributed by atoms with Gasteiger partial charge in [0, 0.05) is 12.5 Å². The van der Waals surface area contributed by atoms with Gasteiger partial charge in [-0.05, 0) is 12.8 Å². The topological polar surface area (TPSA) is 29.1 Å².